The number of hydrogen-bond donors (Lipinski definition) is 2. The summed E-state index contributed by atoms with van der Waals surface area (Å²) in [7, 11) is -3.39. The lowest BCUT2D eigenvalue weighted by Gasteiger charge is -2.11. The van der Waals surface area contributed by atoms with Gasteiger partial charge in [0, 0.05) is 12.6 Å². The molecule has 0 aromatic heterocycles. The van der Waals surface area contributed by atoms with E-state index in [0.29, 0.717) is 17.5 Å². The molecule has 0 saturated heterocycles. The molecule has 1 rings (SSSR count). The van der Waals surface area contributed by atoms with Gasteiger partial charge in [0.1, 0.15) is 0 Å². The molecule has 0 aliphatic heterocycles. The molecular formula is C14H24N2O2S. The highest BCUT2D eigenvalue weighted by Crippen LogP contribution is 2.16. The van der Waals surface area contributed by atoms with Crippen molar-refractivity contribution in [3.8, 4) is 0 Å². The number of benzene rings is 1. The molecule has 0 heterocycles. The van der Waals surface area contributed by atoms with Crippen molar-refractivity contribution in [2.75, 3.05) is 13.1 Å². The second kappa shape index (κ2) is 7.03. The molecule has 0 atom stereocenters. The molecule has 0 spiro atoms. The molecular weight excluding hydrogens is 260 g/mol. The second-order valence-corrected chi connectivity index (χ2v) is 6.86. The summed E-state index contributed by atoms with van der Waals surface area (Å²) < 4.78 is 27.0. The molecule has 0 fully saturated rings. The van der Waals surface area contributed by atoms with Crippen LogP contribution in [0.5, 0.6) is 0 Å². The van der Waals surface area contributed by atoms with E-state index in [2.05, 4.69) is 23.9 Å². The van der Waals surface area contributed by atoms with Gasteiger partial charge in [0.15, 0.2) is 0 Å². The van der Waals surface area contributed by atoms with E-state index < -0.39 is 10.0 Å². The summed E-state index contributed by atoms with van der Waals surface area (Å²) in [4.78, 5) is 0.379. The molecule has 2 N–H and O–H groups in total. The van der Waals surface area contributed by atoms with Crippen molar-refractivity contribution in [3.63, 3.8) is 0 Å². The van der Waals surface area contributed by atoms with Gasteiger partial charge in [-0.25, -0.2) is 13.1 Å². The largest absolute Gasteiger partial charge is 0.314 e. The first-order valence-corrected chi connectivity index (χ1v) is 8.11. The van der Waals surface area contributed by atoms with Crippen molar-refractivity contribution < 1.29 is 8.42 Å². The van der Waals surface area contributed by atoms with Crippen molar-refractivity contribution in [2.45, 2.75) is 45.1 Å². The van der Waals surface area contributed by atoms with Crippen LogP contribution in [-0.2, 0) is 10.0 Å². The third-order valence-corrected chi connectivity index (χ3v) is 4.43. The van der Waals surface area contributed by atoms with Gasteiger partial charge in [-0.1, -0.05) is 26.0 Å². The summed E-state index contributed by atoms with van der Waals surface area (Å²) in [6.07, 6.45) is 0.780. The third kappa shape index (κ3) is 5.30. The van der Waals surface area contributed by atoms with E-state index in [-0.39, 0.29) is 0 Å². The highest BCUT2D eigenvalue weighted by molar-refractivity contribution is 7.89. The lowest BCUT2D eigenvalue weighted by Crippen LogP contribution is -2.30. The molecule has 108 valence electrons. The fourth-order valence-electron chi connectivity index (χ4n) is 1.76. The average Bonchev–Trinajstić information content (AvgIpc) is 2.31. The van der Waals surface area contributed by atoms with Crippen LogP contribution in [0, 0.1) is 13.8 Å². The van der Waals surface area contributed by atoms with Crippen LogP contribution >= 0.6 is 0 Å². The van der Waals surface area contributed by atoms with Crippen LogP contribution in [0.15, 0.2) is 23.1 Å². The van der Waals surface area contributed by atoms with E-state index in [0.717, 1.165) is 24.1 Å². The number of aryl methyl sites for hydroxylation is 2. The Morgan fingerprint density at radius 3 is 2.47 bits per heavy atom. The van der Waals surface area contributed by atoms with Gasteiger partial charge in [-0.3, -0.25) is 0 Å². The van der Waals surface area contributed by atoms with E-state index in [1.165, 1.54) is 0 Å². The minimum atomic E-state index is -3.39. The zero-order valence-electron chi connectivity index (χ0n) is 12.2. The molecule has 5 heteroatoms. The Labute approximate surface area is 116 Å². The smallest absolute Gasteiger partial charge is 0.240 e. The van der Waals surface area contributed by atoms with Gasteiger partial charge in [0.2, 0.25) is 10.0 Å². The van der Waals surface area contributed by atoms with Gasteiger partial charge < -0.3 is 5.32 Å². The maximum Gasteiger partial charge on any atom is 0.240 e. The standard InChI is InChI=1S/C14H24N2O2S/c1-11(2)15-8-5-9-16-19(17,18)14-10-12(3)6-7-13(14)4/h6-7,10-11,15-16H,5,8-9H2,1-4H3. The van der Waals surface area contributed by atoms with Crippen LogP contribution in [0.25, 0.3) is 0 Å². The first kappa shape index (κ1) is 16.1. The molecule has 4 nitrogen and oxygen atoms in total. The van der Waals surface area contributed by atoms with Gasteiger partial charge >= 0.3 is 0 Å². The normalized spacial score (nSPS) is 12.1. The van der Waals surface area contributed by atoms with Crippen LogP contribution < -0.4 is 10.0 Å². The maximum atomic E-state index is 12.2. The molecule has 0 saturated carbocycles. The Kier molecular flexibility index (Phi) is 5.97. The molecule has 1 aromatic rings. The average molecular weight is 284 g/mol. The third-order valence-electron chi connectivity index (χ3n) is 2.83. The molecule has 0 aliphatic carbocycles. The molecule has 0 amide bonds. The van der Waals surface area contributed by atoms with Crippen molar-refractivity contribution in [1.29, 1.82) is 0 Å². The molecule has 0 radical (unpaired) electrons. The van der Waals surface area contributed by atoms with Gasteiger partial charge in [-0.05, 0) is 44.0 Å². The Morgan fingerprint density at radius 1 is 1.16 bits per heavy atom. The fraction of sp³-hybridized carbons (Fsp3) is 0.571. The van der Waals surface area contributed by atoms with E-state index in [4.69, 9.17) is 0 Å². The molecule has 0 unspecified atom stereocenters. The Balaban J connectivity index is 2.59. The van der Waals surface area contributed by atoms with E-state index in [1.54, 1.807) is 6.07 Å². The maximum absolute atomic E-state index is 12.2. The predicted octanol–water partition coefficient (Wildman–Crippen LogP) is 1.97. The van der Waals surface area contributed by atoms with E-state index in [1.807, 2.05) is 26.0 Å². The number of rotatable bonds is 7. The first-order chi connectivity index (χ1) is 8.83. The van der Waals surface area contributed by atoms with Crippen LogP contribution in [-0.4, -0.2) is 27.5 Å². The lowest BCUT2D eigenvalue weighted by atomic mass is 10.2. The van der Waals surface area contributed by atoms with Crippen molar-refractivity contribution >= 4 is 10.0 Å². The zero-order valence-corrected chi connectivity index (χ0v) is 13.0. The quantitative estimate of drug-likeness (QED) is 0.753. The minimum absolute atomic E-state index is 0.379. The Bertz CT molecular complexity index is 510. The van der Waals surface area contributed by atoms with Crippen molar-refractivity contribution in [3.05, 3.63) is 29.3 Å². The number of sulfonamides is 1. The molecule has 0 aliphatic rings. The Hall–Kier alpha value is -0.910. The van der Waals surface area contributed by atoms with Gasteiger partial charge in [-0.2, -0.15) is 0 Å². The Morgan fingerprint density at radius 2 is 1.84 bits per heavy atom. The summed E-state index contributed by atoms with van der Waals surface area (Å²) in [5.74, 6) is 0. The van der Waals surface area contributed by atoms with Gasteiger partial charge in [-0.15, -0.1) is 0 Å². The van der Waals surface area contributed by atoms with Crippen molar-refractivity contribution in [1.82, 2.24) is 10.0 Å². The summed E-state index contributed by atoms with van der Waals surface area (Å²) in [5, 5.41) is 3.26. The SMILES string of the molecule is Cc1ccc(C)c(S(=O)(=O)NCCCNC(C)C)c1. The van der Waals surface area contributed by atoms with Crippen LogP contribution in [0.3, 0.4) is 0 Å². The van der Waals surface area contributed by atoms with E-state index in [9.17, 15) is 8.42 Å². The van der Waals surface area contributed by atoms with Crippen molar-refractivity contribution in [2.24, 2.45) is 0 Å². The minimum Gasteiger partial charge on any atom is -0.314 e. The van der Waals surface area contributed by atoms with Crippen LogP contribution in [0.4, 0.5) is 0 Å². The van der Waals surface area contributed by atoms with E-state index >= 15 is 0 Å². The summed E-state index contributed by atoms with van der Waals surface area (Å²) in [6.45, 7) is 9.11. The number of hydrogen-bond acceptors (Lipinski definition) is 3. The molecule has 0 bridgehead atoms. The predicted molar refractivity (Wildman–Crippen MR) is 78.9 cm³/mol. The van der Waals surface area contributed by atoms with Gasteiger partial charge in [0.05, 0.1) is 4.90 Å². The highest BCUT2D eigenvalue weighted by atomic mass is 32.2. The second-order valence-electron chi connectivity index (χ2n) is 5.13. The lowest BCUT2D eigenvalue weighted by molar-refractivity contribution is 0.554. The first-order valence-electron chi connectivity index (χ1n) is 6.63. The fourth-order valence-corrected chi connectivity index (χ4v) is 3.16. The molecule has 19 heavy (non-hydrogen) atoms. The van der Waals surface area contributed by atoms with Crippen LogP contribution in [0.1, 0.15) is 31.4 Å². The number of nitrogens with one attached hydrogen (secondary N) is 2. The van der Waals surface area contributed by atoms with Gasteiger partial charge in [0.25, 0.3) is 0 Å². The zero-order chi connectivity index (χ0) is 14.5. The molecule has 1 aromatic carbocycles. The summed E-state index contributed by atoms with van der Waals surface area (Å²) in [6, 6.07) is 5.89. The monoisotopic (exact) mass is 284 g/mol. The summed E-state index contributed by atoms with van der Waals surface area (Å²) >= 11 is 0. The summed E-state index contributed by atoms with van der Waals surface area (Å²) in [5.41, 5.74) is 1.73. The highest BCUT2D eigenvalue weighted by Gasteiger charge is 2.15. The topological polar surface area (TPSA) is 58.2 Å². The van der Waals surface area contributed by atoms with Crippen LogP contribution in [0.2, 0.25) is 0 Å².